The lowest BCUT2D eigenvalue weighted by Crippen LogP contribution is -2.33. The third kappa shape index (κ3) is 3.69. The molecule has 25 heavy (non-hydrogen) atoms. The zero-order chi connectivity index (χ0) is 17.2. The second-order valence-electron chi connectivity index (χ2n) is 6.61. The molecular weight excluding hydrogens is 336 g/mol. The molecule has 0 bridgehead atoms. The minimum absolute atomic E-state index is 0.183. The summed E-state index contributed by atoms with van der Waals surface area (Å²) in [7, 11) is 0. The predicted molar refractivity (Wildman–Crippen MR) is 97.6 cm³/mol. The van der Waals surface area contributed by atoms with Crippen LogP contribution in [0.4, 0.5) is 5.13 Å². The highest BCUT2D eigenvalue weighted by molar-refractivity contribution is 7.13. The van der Waals surface area contributed by atoms with Crippen LogP contribution >= 0.6 is 11.3 Å². The lowest BCUT2D eigenvalue weighted by atomic mass is 10.0. The summed E-state index contributed by atoms with van der Waals surface area (Å²) in [5.74, 6) is 0.565. The Morgan fingerprint density at radius 3 is 3.16 bits per heavy atom. The summed E-state index contributed by atoms with van der Waals surface area (Å²) in [4.78, 5) is 19.4. The van der Waals surface area contributed by atoms with Gasteiger partial charge in [-0.3, -0.25) is 15.0 Å². The Kier molecular flexibility index (Phi) is 4.46. The van der Waals surface area contributed by atoms with Crippen molar-refractivity contribution in [3.05, 3.63) is 34.8 Å². The topological polar surface area (TPSA) is 86.8 Å². The van der Waals surface area contributed by atoms with Gasteiger partial charge in [-0.15, -0.1) is 11.3 Å². The second kappa shape index (κ2) is 6.89. The first-order valence-corrected chi connectivity index (χ1v) is 9.34. The summed E-state index contributed by atoms with van der Waals surface area (Å²) in [6.07, 6.45) is 2.56. The van der Waals surface area contributed by atoms with Crippen LogP contribution in [0.25, 0.3) is 11.0 Å². The Labute approximate surface area is 149 Å². The molecule has 3 heterocycles. The van der Waals surface area contributed by atoms with E-state index in [-0.39, 0.29) is 5.91 Å². The van der Waals surface area contributed by atoms with Crippen LogP contribution in [0.15, 0.2) is 23.6 Å². The number of aromatic nitrogens is 4. The molecule has 0 aliphatic carbocycles. The van der Waals surface area contributed by atoms with Crippen molar-refractivity contribution in [2.45, 2.75) is 26.3 Å². The normalized spacial score (nSPS) is 18.5. The number of anilines is 1. The zero-order valence-electron chi connectivity index (χ0n) is 14.0. The Balaban J connectivity index is 1.40. The summed E-state index contributed by atoms with van der Waals surface area (Å²) in [5, 5.41) is 16.1. The number of likely N-dealkylation sites (tertiary alicyclic amines) is 1. The minimum atomic E-state index is -0.183. The predicted octanol–water partition coefficient (Wildman–Crippen LogP) is 2.90. The second-order valence-corrected chi connectivity index (χ2v) is 7.47. The van der Waals surface area contributed by atoms with Gasteiger partial charge in [0.15, 0.2) is 5.13 Å². The summed E-state index contributed by atoms with van der Waals surface area (Å²) in [6.45, 7) is 5.39. The monoisotopic (exact) mass is 356 g/mol. The number of hydrogen-bond donors (Lipinski definition) is 2. The summed E-state index contributed by atoms with van der Waals surface area (Å²) in [5.41, 5.74) is 2.97. The van der Waals surface area contributed by atoms with Crippen LogP contribution in [-0.2, 0) is 6.54 Å². The van der Waals surface area contributed by atoms with E-state index in [1.54, 1.807) is 18.2 Å². The van der Waals surface area contributed by atoms with Gasteiger partial charge in [-0.1, -0.05) is 6.92 Å². The number of thiazole rings is 1. The maximum absolute atomic E-state index is 12.4. The molecule has 1 aliphatic heterocycles. The third-order valence-electron chi connectivity index (χ3n) is 4.48. The molecule has 7 nitrogen and oxygen atoms in total. The number of benzene rings is 1. The molecule has 0 saturated carbocycles. The molecule has 0 radical (unpaired) electrons. The van der Waals surface area contributed by atoms with Gasteiger partial charge in [-0.25, -0.2) is 4.98 Å². The van der Waals surface area contributed by atoms with Crippen molar-refractivity contribution in [1.82, 2.24) is 25.3 Å². The quantitative estimate of drug-likeness (QED) is 0.750. The van der Waals surface area contributed by atoms with Gasteiger partial charge in [-0.2, -0.15) is 15.4 Å². The highest BCUT2D eigenvalue weighted by Crippen LogP contribution is 2.21. The molecule has 1 aromatic carbocycles. The van der Waals surface area contributed by atoms with Crippen LogP contribution in [0.1, 0.15) is 35.8 Å². The molecule has 1 amide bonds. The van der Waals surface area contributed by atoms with E-state index >= 15 is 0 Å². The van der Waals surface area contributed by atoms with E-state index in [0.717, 1.165) is 36.8 Å². The molecular formula is C17H20N6OS. The number of fused-ring (bicyclic) bond motifs is 1. The lowest BCUT2D eigenvalue weighted by Gasteiger charge is -2.30. The van der Waals surface area contributed by atoms with Crippen molar-refractivity contribution in [3.63, 3.8) is 0 Å². The summed E-state index contributed by atoms with van der Waals surface area (Å²) >= 11 is 1.46. The first kappa shape index (κ1) is 16.2. The van der Waals surface area contributed by atoms with Gasteiger partial charge < -0.3 is 0 Å². The number of carbonyl (C=O) groups excluding carboxylic acids is 1. The van der Waals surface area contributed by atoms with Crippen LogP contribution in [0.3, 0.4) is 0 Å². The van der Waals surface area contributed by atoms with Crippen LogP contribution in [0.5, 0.6) is 0 Å². The fraction of sp³-hybridized carbons (Fsp3) is 0.412. The van der Waals surface area contributed by atoms with E-state index in [2.05, 4.69) is 37.5 Å². The van der Waals surface area contributed by atoms with Crippen LogP contribution in [0.2, 0.25) is 0 Å². The van der Waals surface area contributed by atoms with Crippen LogP contribution in [0, 0.1) is 5.92 Å². The van der Waals surface area contributed by atoms with E-state index in [1.807, 2.05) is 5.38 Å². The lowest BCUT2D eigenvalue weighted by molar-refractivity contribution is 0.102. The standard InChI is InChI=1S/C17H20N6OS/c1-11-3-2-6-23(8-11)9-13-10-25-17(18-13)19-16(24)12-4-5-14-15(7-12)21-22-20-14/h4-5,7,10-11H,2-3,6,8-9H2,1H3,(H,18,19,24)(H,20,21,22)/t11-/m0/s1. The van der Waals surface area contributed by atoms with Crippen molar-refractivity contribution >= 4 is 33.4 Å². The average molecular weight is 356 g/mol. The fourth-order valence-corrected chi connectivity index (χ4v) is 3.94. The average Bonchev–Trinajstić information content (AvgIpc) is 3.23. The molecule has 1 aliphatic rings. The molecule has 1 atom stereocenters. The molecule has 3 aromatic rings. The van der Waals surface area contributed by atoms with E-state index in [0.29, 0.717) is 16.2 Å². The third-order valence-corrected chi connectivity index (χ3v) is 5.28. The van der Waals surface area contributed by atoms with Crippen molar-refractivity contribution in [2.24, 2.45) is 5.92 Å². The number of rotatable bonds is 4. The summed E-state index contributed by atoms with van der Waals surface area (Å²) in [6, 6.07) is 5.24. The molecule has 0 spiro atoms. The van der Waals surface area contributed by atoms with Gasteiger partial charge in [0.1, 0.15) is 11.0 Å². The first-order valence-electron chi connectivity index (χ1n) is 8.46. The SMILES string of the molecule is C[C@H]1CCCN(Cc2csc(NC(=O)c3ccc4n[nH]nc4c3)n2)C1. The van der Waals surface area contributed by atoms with Crippen molar-refractivity contribution in [2.75, 3.05) is 18.4 Å². The number of nitrogens with zero attached hydrogens (tertiary/aromatic N) is 4. The Hall–Kier alpha value is -2.32. The molecule has 2 aromatic heterocycles. The van der Waals surface area contributed by atoms with Gasteiger partial charge in [0.25, 0.3) is 5.91 Å². The van der Waals surface area contributed by atoms with Crippen molar-refractivity contribution < 1.29 is 4.79 Å². The molecule has 130 valence electrons. The van der Waals surface area contributed by atoms with Gasteiger partial charge in [0.05, 0.1) is 5.69 Å². The highest BCUT2D eigenvalue weighted by atomic mass is 32.1. The Bertz CT molecular complexity index is 888. The first-order chi connectivity index (χ1) is 12.2. The highest BCUT2D eigenvalue weighted by Gasteiger charge is 2.18. The molecule has 1 saturated heterocycles. The van der Waals surface area contributed by atoms with Gasteiger partial charge in [0, 0.05) is 24.0 Å². The molecule has 1 fully saturated rings. The maximum atomic E-state index is 12.4. The van der Waals surface area contributed by atoms with Gasteiger partial charge in [-0.05, 0) is 43.5 Å². The van der Waals surface area contributed by atoms with E-state index in [9.17, 15) is 4.79 Å². The number of amides is 1. The Morgan fingerprint density at radius 1 is 1.40 bits per heavy atom. The fourth-order valence-electron chi connectivity index (χ4n) is 3.25. The number of aromatic amines is 1. The van der Waals surface area contributed by atoms with Crippen LogP contribution < -0.4 is 5.32 Å². The number of carbonyl (C=O) groups is 1. The number of nitrogens with one attached hydrogen (secondary N) is 2. The van der Waals surface area contributed by atoms with E-state index in [4.69, 9.17) is 0 Å². The van der Waals surface area contributed by atoms with E-state index < -0.39 is 0 Å². The maximum Gasteiger partial charge on any atom is 0.257 e. The molecule has 8 heteroatoms. The van der Waals surface area contributed by atoms with Crippen molar-refractivity contribution in [1.29, 1.82) is 0 Å². The number of piperidine rings is 1. The van der Waals surface area contributed by atoms with Gasteiger partial charge in [0.2, 0.25) is 0 Å². The molecule has 0 unspecified atom stereocenters. The molecule has 4 rings (SSSR count). The largest absolute Gasteiger partial charge is 0.298 e. The van der Waals surface area contributed by atoms with Crippen LogP contribution in [-0.4, -0.2) is 44.3 Å². The Morgan fingerprint density at radius 2 is 2.28 bits per heavy atom. The zero-order valence-corrected chi connectivity index (χ0v) is 14.8. The summed E-state index contributed by atoms with van der Waals surface area (Å²) < 4.78 is 0. The minimum Gasteiger partial charge on any atom is -0.298 e. The van der Waals surface area contributed by atoms with Gasteiger partial charge >= 0.3 is 0 Å². The number of hydrogen-bond acceptors (Lipinski definition) is 6. The smallest absolute Gasteiger partial charge is 0.257 e. The molecule has 2 N–H and O–H groups in total. The van der Waals surface area contributed by atoms with Crippen molar-refractivity contribution in [3.8, 4) is 0 Å². The number of H-pyrrole nitrogens is 1. The van der Waals surface area contributed by atoms with E-state index in [1.165, 1.54) is 24.2 Å².